The van der Waals surface area contributed by atoms with Gasteiger partial charge in [0.1, 0.15) is 12.4 Å². The lowest BCUT2D eigenvalue weighted by molar-refractivity contribution is 0.327. The molecule has 106 valence electrons. The largest absolute Gasteiger partial charge is 0.492 e. The van der Waals surface area contributed by atoms with E-state index in [2.05, 4.69) is 26.2 Å². The lowest BCUT2D eigenvalue weighted by atomic mass is 10.3. The molecule has 0 saturated carbocycles. The zero-order valence-electron chi connectivity index (χ0n) is 11.3. The smallest absolute Gasteiger partial charge is 0.213 e. The van der Waals surface area contributed by atoms with Crippen LogP contribution in [0.15, 0.2) is 47.1 Å². The van der Waals surface area contributed by atoms with E-state index in [9.17, 15) is 0 Å². The first-order valence-electron chi connectivity index (χ1n) is 6.49. The second kappa shape index (κ2) is 7.75. The van der Waals surface area contributed by atoms with E-state index in [1.54, 1.807) is 6.20 Å². The Balaban J connectivity index is 1.73. The Morgan fingerprint density at radius 2 is 2.10 bits per heavy atom. The van der Waals surface area contributed by atoms with Gasteiger partial charge in [-0.3, -0.25) is 0 Å². The maximum atomic E-state index is 5.63. The van der Waals surface area contributed by atoms with Gasteiger partial charge in [-0.05, 0) is 31.2 Å². The Labute approximate surface area is 127 Å². The van der Waals surface area contributed by atoms with Crippen molar-refractivity contribution in [2.45, 2.75) is 6.92 Å². The standard InChI is InChI=1S/C15H17BrN2O2/c1-2-19-15-7-6-13(11-18-15)17-8-9-20-14-5-3-4-12(16)10-14/h3-7,10-11,17H,2,8-9H2,1H3. The van der Waals surface area contributed by atoms with Gasteiger partial charge in [0.15, 0.2) is 0 Å². The Bertz CT molecular complexity index is 532. The van der Waals surface area contributed by atoms with E-state index >= 15 is 0 Å². The Kier molecular flexibility index (Phi) is 5.68. The zero-order valence-corrected chi connectivity index (χ0v) is 12.9. The van der Waals surface area contributed by atoms with Crippen molar-refractivity contribution >= 4 is 21.6 Å². The summed E-state index contributed by atoms with van der Waals surface area (Å²) in [5, 5.41) is 3.24. The number of ether oxygens (including phenoxy) is 2. The summed E-state index contributed by atoms with van der Waals surface area (Å²) in [5.74, 6) is 1.49. The molecular formula is C15H17BrN2O2. The van der Waals surface area contributed by atoms with Crippen molar-refractivity contribution in [3.05, 3.63) is 47.1 Å². The molecule has 2 aromatic rings. The first-order valence-corrected chi connectivity index (χ1v) is 7.28. The van der Waals surface area contributed by atoms with Gasteiger partial charge in [0.25, 0.3) is 0 Å². The van der Waals surface area contributed by atoms with Gasteiger partial charge in [0.2, 0.25) is 5.88 Å². The topological polar surface area (TPSA) is 43.4 Å². The van der Waals surface area contributed by atoms with E-state index in [-0.39, 0.29) is 0 Å². The van der Waals surface area contributed by atoms with E-state index < -0.39 is 0 Å². The molecule has 20 heavy (non-hydrogen) atoms. The quantitative estimate of drug-likeness (QED) is 0.782. The molecule has 0 aliphatic carbocycles. The van der Waals surface area contributed by atoms with Crippen molar-refractivity contribution in [1.29, 1.82) is 0 Å². The van der Waals surface area contributed by atoms with Crippen LogP contribution in [0.1, 0.15) is 6.92 Å². The Morgan fingerprint density at radius 3 is 2.80 bits per heavy atom. The summed E-state index contributed by atoms with van der Waals surface area (Å²) < 4.78 is 11.9. The molecule has 2 rings (SSSR count). The molecule has 0 unspecified atom stereocenters. The zero-order chi connectivity index (χ0) is 14.2. The maximum Gasteiger partial charge on any atom is 0.213 e. The van der Waals surface area contributed by atoms with Gasteiger partial charge in [0, 0.05) is 17.1 Å². The molecule has 0 atom stereocenters. The summed E-state index contributed by atoms with van der Waals surface area (Å²) in [4.78, 5) is 4.19. The molecule has 0 radical (unpaired) electrons. The van der Waals surface area contributed by atoms with Crippen LogP contribution in [-0.4, -0.2) is 24.7 Å². The first kappa shape index (κ1) is 14.7. The van der Waals surface area contributed by atoms with Crippen molar-refractivity contribution in [1.82, 2.24) is 4.98 Å². The number of anilines is 1. The number of benzene rings is 1. The predicted molar refractivity (Wildman–Crippen MR) is 83.5 cm³/mol. The molecule has 1 aromatic carbocycles. The van der Waals surface area contributed by atoms with Crippen molar-refractivity contribution in [3.63, 3.8) is 0 Å². The fraction of sp³-hybridized carbons (Fsp3) is 0.267. The van der Waals surface area contributed by atoms with Crippen LogP contribution < -0.4 is 14.8 Å². The highest BCUT2D eigenvalue weighted by Crippen LogP contribution is 2.17. The second-order valence-electron chi connectivity index (χ2n) is 4.05. The van der Waals surface area contributed by atoms with Crippen LogP contribution in [0.4, 0.5) is 5.69 Å². The summed E-state index contributed by atoms with van der Waals surface area (Å²) in [5.41, 5.74) is 0.950. The molecule has 1 aromatic heterocycles. The summed E-state index contributed by atoms with van der Waals surface area (Å²) in [6.45, 7) is 3.86. The highest BCUT2D eigenvalue weighted by atomic mass is 79.9. The molecule has 0 aliphatic heterocycles. The number of nitrogens with zero attached hydrogens (tertiary/aromatic N) is 1. The van der Waals surface area contributed by atoms with Crippen LogP contribution in [-0.2, 0) is 0 Å². The fourth-order valence-electron chi connectivity index (χ4n) is 1.64. The predicted octanol–water partition coefficient (Wildman–Crippen LogP) is 3.73. The number of nitrogens with one attached hydrogen (secondary N) is 1. The minimum absolute atomic E-state index is 0.587. The maximum absolute atomic E-state index is 5.63. The fourth-order valence-corrected chi connectivity index (χ4v) is 2.02. The monoisotopic (exact) mass is 336 g/mol. The normalized spacial score (nSPS) is 10.1. The van der Waals surface area contributed by atoms with Crippen molar-refractivity contribution in [2.75, 3.05) is 25.1 Å². The van der Waals surface area contributed by atoms with Crippen LogP contribution in [0.5, 0.6) is 11.6 Å². The molecule has 0 saturated heterocycles. The van der Waals surface area contributed by atoms with Gasteiger partial charge in [-0.1, -0.05) is 22.0 Å². The van der Waals surface area contributed by atoms with E-state index in [4.69, 9.17) is 9.47 Å². The number of hydrogen-bond donors (Lipinski definition) is 1. The van der Waals surface area contributed by atoms with Crippen molar-refractivity contribution in [3.8, 4) is 11.6 Å². The van der Waals surface area contributed by atoms with E-state index in [0.717, 1.165) is 15.9 Å². The van der Waals surface area contributed by atoms with Crippen molar-refractivity contribution < 1.29 is 9.47 Å². The lowest BCUT2D eigenvalue weighted by Crippen LogP contribution is -2.11. The Morgan fingerprint density at radius 1 is 1.20 bits per heavy atom. The third-order valence-corrected chi connectivity index (χ3v) is 3.02. The van der Waals surface area contributed by atoms with Gasteiger partial charge in [-0.25, -0.2) is 4.98 Å². The number of hydrogen-bond acceptors (Lipinski definition) is 4. The molecule has 0 aliphatic rings. The molecule has 0 fully saturated rings. The summed E-state index contributed by atoms with van der Waals surface area (Å²) in [6, 6.07) is 11.6. The number of halogens is 1. The molecule has 0 amide bonds. The third-order valence-electron chi connectivity index (χ3n) is 2.52. The molecule has 0 spiro atoms. The molecule has 4 nitrogen and oxygen atoms in total. The number of pyridine rings is 1. The number of aromatic nitrogens is 1. The van der Waals surface area contributed by atoms with Crippen LogP contribution in [0.3, 0.4) is 0 Å². The summed E-state index contributed by atoms with van der Waals surface area (Å²) in [6.07, 6.45) is 1.75. The molecule has 0 bridgehead atoms. The first-order chi connectivity index (χ1) is 9.78. The highest BCUT2D eigenvalue weighted by molar-refractivity contribution is 9.10. The van der Waals surface area contributed by atoms with Gasteiger partial charge < -0.3 is 14.8 Å². The van der Waals surface area contributed by atoms with Gasteiger partial charge in [0.05, 0.1) is 18.5 Å². The van der Waals surface area contributed by atoms with Gasteiger partial charge in [-0.15, -0.1) is 0 Å². The second-order valence-corrected chi connectivity index (χ2v) is 4.97. The SMILES string of the molecule is CCOc1ccc(NCCOc2cccc(Br)c2)cn1. The molecule has 5 heteroatoms. The van der Waals surface area contributed by atoms with Crippen LogP contribution in [0.25, 0.3) is 0 Å². The number of rotatable bonds is 7. The lowest BCUT2D eigenvalue weighted by Gasteiger charge is -2.09. The van der Waals surface area contributed by atoms with Crippen LogP contribution in [0, 0.1) is 0 Å². The van der Waals surface area contributed by atoms with E-state index in [0.29, 0.717) is 25.6 Å². The van der Waals surface area contributed by atoms with Crippen LogP contribution in [0.2, 0.25) is 0 Å². The van der Waals surface area contributed by atoms with Crippen LogP contribution >= 0.6 is 15.9 Å². The molecule has 1 N–H and O–H groups in total. The third kappa shape index (κ3) is 4.74. The molecule has 1 heterocycles. The minimum atomic E-state index is 0.587. The Hall–Kier alpha value is -1.75. The summed E-state index contributed by atoms with van der Waals surface area (Å²) in [7, 11) is 0. The minimum Gasteiger partial charge on any atom is -0.492 e. The van der Waals surface area contributed by atoms with E-state index in [1.165, 1.54) is 0 Å². The average molecular weight is 337 g/mol. The van der Waals surface area contributed by atoms with E-state index in [1.807, 2.05) is 43.3 Å². The summed E-state index contributed by atoms with van der Waals surface area (Å²) >= 11 is 3.41. The van der Waals surface area contributed by atoms with Crippen molar-refractivity contribution in [2.24, 2.45) is 0 Å². The molecular weight excluding hydrogens is 320 g/mol. The average Bonchev–Trinajstić information content (AvgIpc) is 2.46. The van der Waals surface area contributed by atoms with Gasteiger partial charge in [-0.2, -0.15) is 0 Å². The highest BCUT2D eigenvalue weighted by Gasteiger charge is 1.97. The van der Waals surface area contributed by atoms with Gasteiger partial charge >= 0.3 is 0 Å².